The molecule has 0 aromatic carbocycles. The third kappa shape index (κ3) is 3.33. The molecule has 0 radical (unpaired) electrons. The normalized spacial score (nSPS) is 26.7. The minimum atomic E-state index is 0.376. The Bertz CT molecular complexity index is 254. The van der Waals surface area contributed by atoms with E-state index in [0.717, 1.165) is 5.92 Å². The summed E-state index contributed by atoms with van der Waals surface area (Å²) < 4.78 is 0. The Morgan fingerprint density at radius 1 is 1.11 bits per heavy atom. The van der Waals surface area contributed by atoms with Crippen LogP contribution < -0.4 is 5.32 Å². The average Bonchev–Trinajstić information content (AvgIpc) is 3.11. The summed E-state index contributed by atoms with van der Waals surface area (Å²) in [6.07, 6.45) is 11.1. The minimum absolute atomic E-state index is 0.376. The zero-order valence-electron chi connectivity index (χ0n) is 13.4. The summed E-state index contributed by atoms with van der Waals surface area (Å²) in [4.78, 5) is 2.79. The predicted octanol–water partition coefficient (Wildman–Crippen LogP) is 3.81. The van der Waals surface area contributed by atoms with E-state index in [-0.39, 0.29) is 0 Å². The summed E-state index contributed by atoms with van der Waals surface area (Å²) in [6.45, 7) is 11.0. The lowest BCUT2D eigenvalue weighted by Gasteiger charge is -2.47. The van der Waals surface area contributed by atoms with Gasteiger partial charge in [-0.3, -0.25) is 4.90 Å². The number of hydrogen-bond donors (Lipinski definition) is 1. The maximum Gasteiger partial charge on any atom is 0.0334 e. The lowest BCUT2D eigenvalue weighted by atomic mass is 9.78. The maximum atomic E-state index is 3.94. The first kappa shape index (κ1) is 15.3. The first-order chi connectivity index (χ1) is 9.22. The van der Waals surface area contributed by atoms with E-state index in [4.69, 9.17) is 0 Å². The van der Waals surface area contributed by atoms with E-state index in [0.29, 0.717) is 11.6 Å². The average molecular weight is 266 g/mol. The highest BCUT2D eigenvalue weighted by molar-refractivity contribution is 5.01. The van der Waals surface area contributed by atoms with Gasteiger partial charge in [-0.2, -0.15) is 0 Å². The van der Waals surface area contributed by atoms with Crippen LogP contribution in [0.4, 0.5) is 0 Å². The molecular weight excluding hydrogens is 232 g/mol. The van der Waals surface area contributed by atoms with E-state index < -0.39 is 0 Å². The Labute approximate surface area is 120 Å². The molecular formula is C17H34N2. The molecule has 19 heavy (non-hydrogen) atoms. The first-order valence-corrected chi connectivity index (χ1v) is 8.70. The van der Waals surface area contributed by atoms with E-state index >= 15 is 0 Å². The van der Waals surface area contributed by atoms with Crippen molar-refractivity contribution in [2.24, 2.45) is 5.92 Å². The van der Waals surface area contributed by atoms with Gasteiger partial charge in [0.25, 0.3) is 0 Å². The summed E-state index contributed by atoms with van der Waals surface area (Å²) in [6, 6.07) is 0.707. The topological polar surface area (TPSA) is 15.3 Å². The fraction of sp³-hybridized carbons (Fsp3) is 1.00. The van der Waals surface area contributed by atoms with Gasteiger partial charge in [-0.1, -0.05) is 26.7 Å². The second-order valence-corrected chi connectivity index (χ2v) is 6.88. The van der Waals surface area contributed by atoms with Gasteiger partial charge in [0.2, 0.25) is 0 Å². The zero-order chi connectivity index (χ0) is 13.7. The van der Waals surface area contributed by atoms with Gasteiger partial charge in [-0.15, -0.1) is 0 Å². The second kappa shape index (κ2) is 7.08. The van der Waals surface area contributed by atoms with Crippen molar-refractivity contribution in [2.75, 3.05) is 19.6 Å². The fourth-order valence-electron chi connectivity index (χ4n) is 4.35. The van der Waals surface area contributed by atoms with Crippen LogP contribution in [-0.4, -0.2) is 36.1 Å². The van der Waals surface area contributed by atoms with E-state index in [1.807, 2.05) is 0 Å². The van der Waals surface area contributed by atoms with Crippen LogP contribution in [0.3, 0.4) is 0 Å². The van der Waals surface area contributed by atoms with Crippen LogP contribution in [0.1, 0.15) is 72.1 Å². The molecule has 1 saturated heterocycles. The monoisotopic (exact) mass is 266 g/mol. The van der Waals surface area contributed by atoms with Gasteiger partial charge >= 0.3 is 0 Å². The maximum absolute atomic E-state index is 3.94. The third-order valence-electron chi connectivity index (χ3n) is 5.70. The predicted molar refractivity (Wildman–Crippen MR) is 83.5 cm³/mol. The van der Waals surface area contributed by atoms with Crippen LogP contribution in [0.5, 0.6) is 0 Å². The van der Waals surface area contributed by atoms with E-state index in [9.17, 15) is 0 Å². The number of likely N-dealkylation sites (tertiary alicyclic amines) is 1. The van der Waals surface area contributed by atoms with Crippen molar-refractivity contribution in [3.05, 3.63) is 0 Å². The zero-order valence-corrected chi connectivity index (χ0v) is 13.4. The number of nitrogens with one attached hydrogen (secondary N) is 1. The molecule has 0 spiro atoms. The molecule has 1 N–H and O–H groups in total. The van der Waals surface area contributed by atoms with E-state index in [1.54, 1.807) is 0 Å². The van der Waals surface area contributed by atoms with Crippen molar-refractivity contribution < 1.29 is 0 Å². The molecule has 1 aliphatic heterocycles. The first-order valence-electron chi connectivity index (χ1n) is 8.70. The lowest BCUT2D eigenvalue weighted by Crippen LogP contribution is -2.61. The molecule has 0 bridgehead atoms. The molecule has 1 heterocycles. The molecule has 2 fully saturated rings. The standard InChI is InChI=1S/C17H34N2/c1-4-12-18-16(15-10-6-7-11-15)17(3,5-2)19-13-8-9-14-19/h15-16,18H,4-14H2,1-3H3. The summed E-state index contributed by atoms with van der Waals surface area (Å²) >= 11 is 0. The van der Waals surface area contributed by atoms with Crippen LogP contribution in [0.15, 0.2) is 0 Å². The van der Waals surface area contributed by atoms with Gasteiger partial charge in [-0.05, 0) is 71.0 Å². The van der Waals surface area contributed by atoms with Gasteiger partial charge in [0, 0.05) is 11.6 Å². The Morgan fingerprint density at radius 3 is 2.26 bits per heavy atom. The van der Waals surface area contributed by atoms with E-state index in [1.165, 1.54) is 71.0 Å². The molecule has 2 nitrogen and oxygen atoms in total. The van der Waals surface area contributed by atoms with Gasteiger partial charge < -0.3 is 5.32 Å². The molecule has 0 amide bonds. The third-order valence-corrected chi connectivity index (χ3v) is 5.70. The van der Waals surface area contributed by atoms with Crippen molar-refractivity contribution >= 4 is 0 Å². The van der Waals surface area contributed by atoms with Crippen LogP contribution >= 0.6 is 0 Å². The Hall–Kier alpha value is -0.0800. The molecule has 112 valence electrons. The summed E-state index contributed by atoms with van der Waals surface area (Å²) in [7, 11) is 0. The smallest absolute Gasteiger partial charge is 0.0334 e. The van der Waals surface area contributed by atoms with E-state index in [2.05, 4.69) is 31.0 Å². The van der Waals surface area contributed by atoms with Crippen LogP contribution in [0.2, 0.25) is 0 Å². The molecule has 2 atom stereocenters. The van der Waals surface area contributed by atoms with Crippen molar-refractivity contribution in [1.29, 1.82) is 0 Å². The highest BCUT2D eigenvalue weighted by Gasteiger charge is 2.43. The van der Waals surface area contributed by atoms with Gasteiger partial charge in [0.05, 0.1) is 0 Å². The van der Waals surface area contributed by atoms with Gasteiger partial charge in [0.15, 0.2) is 0 Å². The molecule has 1 aliphatic carbocycles. The highest BCUT2D eigenvalue weighted by atomic mass is 15.2. The Kier molecular flexibility index (Phi) is 5.70. The van der Waals surface area contributed by atoms with Crippen molar-refractivity contribution in [1.82, 2.24) is 10.2 Å². The van der Waals surface area contributed by atoms with Crippen LogP contribution in [-0.2, 0) is 0 Å². The number of rotatable bonds is 7. The quantitative estimate of drug-likeness (QED) is 0.754. The summed E-state index contributed by atoms with van der Waals surface area (Å²) in [5.74, 6) is 0.914. The van der Waals surface area contributed by atoms with Crippen LogP contribution in [0, 0.1) is 5.92 Å². The largest absolute Gasteiger partial charge is 0.312 e. The molecule has 2 aliphatic rings. The molecule has 2 rings (SSSR count). The summed E-state index contributed by atoms with van der Waals surface area (Å²) in [5, 5.41) is 3.94. The van der Waals surface area contributed by atoms with Crippen molar-refractivity contribution in [3.8, 4) is 0 Å². The van der Waals surface area contributed by atoms with Crippen molar-refractivity contribution in [2.45, 2.75) is 83.7 Å². The summed E-state index contributed by atoms with van der Waals surface area (Å²) in [5.41, 5.74) is 0.376. The highest BCUT2D eigenvalue weighted by Crippen LogP contribution is 2.37. The molecule has 1 saturated carbocycles. The Balaban J connectivity index is 2.11. The van der Waals surface area contributed by atoms with Crippen LogP contribution in [0.25, 0.3) is 0 Å². The molecule has 2 heteroatoms. The molecule has 2 unspecified atom stereocenters. The van der Waals surface area contributed by atoms with Gasteiger partial charge in [0.1, 0.15) is 0 Å². The van der Waals surface area contributed by atoms with Crippen molar-refractivity contribution in [3.63, 3.8) is 0 Å². The number of nitrogens with zero attached hydrogens (tertiary/aromatic N) is 1. The van der Waals surface area contributed by atoms with Gasteiger partial charge in [-0.25, -0.2) is 0 Å². The molecule has 0 aromatic rings. The number of hydrogen-bond acceptors (Lipinski definition) is 2. The minimum Gasteiger partial charge on any atom is -0.312 e. The fourth-order valence-corrected chi connectivity index (χ4v) is 4.35. The Morgan fingerprint density at radius 2 is 1.74 bits per heavy atom. The lowest BCUT2D eigenvalue weighted by molar-refractivity contribution is 0.0581. The SMILES string of the molecule is CCCNC(C1CCCC1)C(C)(CC)N1CCCC1. The molecule has 0 aromatic heterocycles. The second-order valence-electron chi connectivity index (χ2n) is 6.88.